The minimum absolute atomic E-state index is 0.158. The summed E-state index contributed by atoms with van der Waals surface area (Å²) in [5, 5.41) is 8.16. The third-order valence-corrected chi connectivity index (χ3v) is 5.07. The van der Waals surface area contributed by atoms with Crippen LogP contribution in [0.1, 0.15) is 50.1 Å². The molecule has 6 nitrogen and oxygen atoms in total. The molecule has 0 atom stereocenters. The van der Waals surface area contributed by atoms with Crippen LogP contribution in [0.5, 0.6) is 0 Å². The summed E-state index contributed by atoms with van der Waals surface area (Å²) in [4.78, 5) is 21.5. The lowest BCUT2D eigenvalue weighted by Gasteiger charge is -2.39. The first-order chi connectivity index (χ1) is 12.0. The number of hydrogen-bond acceptors (Lipinski definition) is 5. The third kappa shape index (κ3) is 4.12. The highest BCUT2D eigenvalue weighted by Gasteiger charge is 2.32. The maximum atomic E-state index is 12.9. The van der Waals surface area contributed by atoms with E-state index in [1.54, 1.807) is 4.90 Å². The third-order valence-electron chi connectivity index (χ3n) is 5.07. The fourth-order valence-electron chi connectivity index (χ4n) is 3.34. The second-order valence-corrected chi connectivity index (χ2v) is 7.49. The number of aromatic nitrogens is 3. The summed E-state index contributed by atoms with van der Waals surface area (Å²) in [6.45, 7) is 7.28. The first-order valence-electron chi connectivity index (χ1n) is 9.07. The summed E-state index contributed by atoms with van der Waals surface area (Å²) in [7, 11) is 1.83. The zero-order chi connectivity index (χ0) is 17.9. The van der Waals surface area contributed by atoms with Gasteiger partial charge in [-0.05, 0) is 51.9 Å². The zero-order valence-corrected chi connectivity index (χ0v) is 15.4. The molecule has 1 aliphatic heterocycles. The van der Waals surface area contributed by atoms with Gasteiger partial charge in [0.2, 0.25) is 5.82 Å². The van der Waals surface area contributed by atoms with Crippen LogP contribution >= 0.6 is 0 Å². The Morgan fingerprint density at radius 2 is 1.72 bits per heavy atom. The standard InChI is InChI=1S/C19H27N5O/c1-19(2,14-24-12-8-4-5-9-13-24)23(3)18(25)17-20-15-10-6-7-11-16(15)21-22-17/h6-7,10-11H,4-5,8-9,12-14H2,1-3H3. The maximum absolute atomic E-state index is 12.9. The smallest absolute Gasteiger partial charge is 0.293 e. The lowest BCUT2D eigenvalue weighted by Crippen LogP contribution is -2.52. The molecule has 2 heterocycles. The second-order valence-electron chi connectivity index (χ2n) is 7.49. The van der Waals surface area contributed by atoms with Crippen molar-refractivity contribution in [2.75, 3.05) is 26.7 Å². The normalized spacial score (nSPS) is 16.6. The summed E-state index contributed by atoms with van der Waals surface area (Å²) in [5.41, 5.74) is 1.10. The van der Waals surface area contributed by atoms with Crippen molar-refractivity contribution in [3.8, 4) is 0 Å². The van der Waals surface area contributed by atoms with Crippen LogP contribution in [0.25, 0.3) is 11.0 Å². The van der Waals surface area contributed by atoms with Crippen molar-refractivity contribution in [3.05, 3.63) is 30.1 Å². The number of hydrogen-bond donors (Lipinski definition) is 0. The second kappa shape index (κ2) is 7.44. The number of fused-ring (bicyclic) bond motifs is 1. The molecule has 0 bridgehead atoms. The first kappa shape index (κ1) is 17.7. The highest BCUT2D eigenvalue weighted by atomic mass is 16.2. The number of nitrogens with zero attached hydrogens (tertiary/aromatic N) is 5. The minimum Gasteiger partial charge on any atom is -0.333 e. The van der Waals surface area contributed by atoms with E-state index >= 15 is 0 Å². The Kier molecular flexibility index (Phi) is 5.27. The highest BCUT2D eigenvalue weighted by Crippen LogP contribution is 2.19. The fourth-order valence-corrected chi connectivity index (χ4v) is 3.34. The van der Waals surface area contributed by atoms with Crippen molar-refractivity contribution >= 4 is 16.9 Å². The summed E-state index contributed by atoms with van der Waals surface area (Å²) < 4.78 is 0. The van der Waals surface area contributed by atoms with Crippen LogP contribution in [0.3, 0.4) is 0 Å². The van der Waals surface area contributed by atoms with Gasteiger partial charge in [-0.3, -0.25) is 4.79 Å². The van der Waals surface area contributed by atoms with E-state index in [-0.39, 0.29) is 17.3 Å². The van der Waals surface area contributed by atoms with Gasteiger partial charge in [-0.15, -0.1) is 10.2 Å². The van der Waals surface area contributed by atoms with E-state index in [0.717, 1.165) is 19.6 Å². The van der Waals surface area contributed by atoms with Gasteiger partial charge in [-0.25, -0.2) is 4.98 Å². The molecule has 0 radical (unpaired) electrons. The molecule has 1 aromatic heterocycles. The minimum atomic E-state index is -0.295. The Labute approximate surface area is 149 Å². The van der Waals surface area contributed by atoms with Crippen molar-refractivity contribution < 1.29 is 4.79 Å². The van der Waals surface area contributed by atoms with Crippen molar-refractivity contribution in [3.63, 3.8) is 0 Å². The van der Waals surface area contributed by atoms with Crippen LogP contribution in [0.15, 0.2) is 24.3 Å². The van der Waals surface area contributed by atoms with E-state index in [1.165, 1.54) is 25.7 Å². The van der Waals surface area contributed by atoms with E-state index in [4.69, 9.17) is 0 Å². The summed E-state index contributed by atoms with van der Waals surface area (Å²) >= 11 is 0. The largest absolute Gasteiger partial charge is 0.333 e. The SMILES string of the molecule is CN(C(=O)c1nnc2ccccc2n1)C(C)(C)CN1CCCCCC1. The van der Waals surface area contributed by atoms with Gasteiger partial charge in [0, 0.05) is 13.6 Å². The number of carbonyl (C=O) groups is 1. The lowest BCUT2D eigenvalue weighted by molar-refractivity contribution is 0.0523. The molecule has 6 heteroatoms. The Morgan fingerprint density at radius 1 is 1.08 bits per heavy atom. The molecule has 0 unspecified atom stereocenters. The number of likely N-dealkylation sites (N-methyl/N-ethyl adjacent to an activating group) is 1. The molecular formula is C19H27N5O. The summed E-state index contributed by atoms with van der Waals surface area (Å²) in [5.74, 6) is -0.0248. The van der Waals surface area contributed by atoms with Crippen molar-refractivity contribution in [1.82, 2.24) is 25.0 Å². The molecule has 25 heavy (non-hydrogen) atoms. The van der Waals surface area contributed by atoms with Crippen LogP contribution in [0, 0.1) is 0 Å². The van der Waals surface area contributed by atoms with Crippen LogP contribution < -0.4 is 0 Å². The first-order valence-corrected chi connectivity index (χ1v) is 9.07. The molecule has 1 aromatic carbocycles. The Morgan fingerprint density at radius 3 is 2.40 bits per heavy atom. The maximum Gasteiger partial charge on any atom is 0.293 e. The van der Waals surface area contributed by atoms with Crippen LogP contribution in [0.4, 0.5) is 0 Å². The Balaban J connectivity index is 1.74. The molecule has 0 N–H and O–H groups in total. The number of benzene rings is 1. The van der Waals surface area contributed by atoms with E-state index in [9.17, 15) is 4.79 Å². The van der Waals surface area contributed by atoms with Gasteiger partial charge in [0.1, 0.15) is 5.52 Å². The van der Waals surface area contributed by atoms with Crippen molar-refractivity contribution in [1.29, 1.82) is 0 Å². The predicted octanol–water partition coefficient (Wildman–Crippen LogP) is 2.75. The molecule has 0 aliphatic carbocycles. The molecule has 1 saturated heterocycles. The molecule has 1 aliphatic rings. The van der Waals surface area contributed by atoms with Gasteiger partial charge < -0.3 is 9.80 Å². The van der Waals surface area contributed by atoms with Gasteiger partial charge in [-0.2, -0.15) is 0 Å². The van der Waals surface area contributed by atoms with E-state index in [1.807, 2.05) is 31.3 Å². The van der Waals surface area contributed by atoms with Crippen molar-refractivity contribution in [2.24, 2.45) is 0 Å². The highest BCUT2D eigenvalue weighted by molar-refractivity contribution is 5.92. The number of amides is 1. The summed E-state index contributed by atoms with van der Waals surface area (Å²) in [6.07, 6.45) is 5.10. The number of rotatable bonds is 4. The number of para-hydroxylation sites is 1. The number of carbonyl (C=O) groups excluding carboxylic acids is 1. The molecule has 134 valence electrons. The average Bonchev–Trinajstić information content (AvgIpc) is 2.88. The molecule has 1 amide bonds. The van der Waals surface area contributed by atoms with Crippen LogP contribution in [0.2, 0.25) is 0 Å². The Bertz CT molecular complexity index is 737. The fraction of sp³-hybridized carbons (Fsp3) is 0.579. The van der Waals surface area contributed by atoms with Gasteiger partial charge in [0.25, 0.3) is 5.91 Å². The topological polar surface area (TPSA) is 62.2 Å². The van der Waals surface area contributed by atoms with Gasteiger partial charge in [-0.1, -0.05) is 25.0 Å². The van der Waals surface area contributed by atoms with E-state index in [2.05, 4.69) is 33.9 Å². The monoisotopic (exact) mass is 341 g/mol. The molecular weight excluding hydrogens is 314 g/mol. The lowest BCUT2D eigenvalue weighted by atomic mass is 10.0. The average molecular weight is 341 g/mol. The quantitative estimate of drug-likeness (QED) is 0.856. The zero-order valence-electron chi connectivity index (χ0n) is 15.4. The van der Waals surface area contributed by atoms with Gasteiger partial charge in [0.05, 0.1) is 11.1 Å². The predicted molar refractivity (Wildman–Crippen MR) is 98.4 cm³/mol. The molecule has 0 saturated carbocycles. The van der Waals surface area contributed by atoms with Crippen LogP contribution in [-0.4, -0.2) is 63.1 Å². The molecule has 1 fully saturated rings. The van der Waals surface area contributed by atoms with E-state index in [0.29, 0.717) is 11.0 Å². The van der Waals surface area contributed by atoms with Gasteiger partial charge >= 0.3 is 0 Å². The van der Waals surface area contributed by atoms with Gasteiger partial charge in [0.15, 0.2) is 0 Å². The summed E-state index contributed by atoms with van der Waals surface area (Å²) in [6, 6.07) is 7.47. The van der Waals surface area contributed by atoms with Crippen LogP contribution in [-0.2, 0) is 0 Å². The van der Waals surface area contributed by atoms with E-state index < -0.39 is 0 Å². The molecule has 0 spiro atoms. The Hall–Kier alpha value is -2.08. The molecule has 2 aromatic rings. The molecule has 3 rings (SSSR count). The number of likely N-dealkylation sites (tertiary alicyclic amines) is 1. The van der Waals surface area contributed by atoms with Crippen molar-refractivity contribution in [2.45, 2.75) is 45.1 Å².